The van der Waals surface area contributed by atoms with Gasteiger partial charge in [-0.2, -0.15) is 0 Å². The molecule has 20 atom stereocenters. The summed E-state index contributed by atoms with van der Waals surface area (Å²) in [5.74, 6) is -2.94. The maximum absolute atomic E-state index is 14.8. The third-order valence-electron chi connectivity index (χ3n) is 16.0. The molecule has 0 aromatic rings. The number of methoxy groups -OCH3 is 4. The zero-order valence-corrected chi connectivity index (χ0v) is 46.2. The first-order valence-corrected chi connectivity index (χ1v) is 27.1. The van der Waals surface area contributed by atoms with Gasteiger partial charge in [0.1, 0.15) is 55.6 Å². The SMILES string of the molecule is CC[C@H](C)[C@H]1O[C@]2(C=C[C@@H]1C)C[C@@H]1C[C@@H](C/C=C(\C)[C@@H](O[C@H]3C[C@H](OC)[C@@H](O[C@H]4C[C@H](OC)[C@@H](OCOCCOC)[C@H](C)O4)[C@H](C)O3)[C@@H](C)/C=C/C=C3\CO[C@@H]4[C@H](O)C(COCOCCOC)=C[C@@H](C(=O)O1)[C@]34O)O2. The summed E-state index contributed by atoms with van der Waals surface area (Å²) in [5.41, 5.74) is -0.223. The lowest BCUT2D eigenvalue weighted by Crippen LogP contribution is -2.58. The van der Waals surface area contributed by atoms with Crippen LogP contribution in [0.3, 0.4) is 0 Å². The smallest absolute Gasteiger partial charge is 0.316 e. The van der Waals surface area contributed by atoms with E-state index in [0.717, 1.165) is 12.0 Å². The predicted octanol–water partition coefficient (Wildman–Crippen LogP) is 5.64. The molecule has 7 rings (SSSR count). The van der Waals surface area contributed by atoms with Gasteiger partial charge in [-0.05, 0) is 55.9 Å². The number of aliphatic hydroxyl groups is 2. The monoisotopic (exact) mass is 1060 g/mol. The number of allylic oxidation sites excluding steroid dienone is 2. The van der Waals surface area contributed by atoms with Gasteiger partial charge in [-0.1, -0.05) is 70.6 Å². The Kier molecular flexibility index (Phi) is 22.5. The zero-order valence-electron chi connectivity index (χ0n) is 46.2. The Morgan fingerprint density at radius 2 is 1.49 bits per heavy atom. The summed E-state index contributed by atoms with van der Waals surface area (Å²) in [5, 5.41) is 24.6. The average molecular weight is 1070 g/mol. The molecule has 2 N–H and O–H groups in total. The molecule has 1 aliphatic carbocycles. The first kappa shape index (κ1) is 60.1. The molecule has 0 saturated carbocycles. The fourth-order valence-corrected chi connectivity index (χ4v) is 11.6. The summed E-state index contributed by atoms with van der Waals surface area (Å²) in [7, 11) is 6.51. The predicted molar refractivity (Wildman–Crippen MR) is 272 cm³/mol. The molecule has 0 aromatic carbocycles. The van der Waals surface area contributed by atoms with Gasteiger partial charge in [0.2, 0.25) is 0 Å². The van der Waals surface area contributed by atoms with Gasteiger partial charge in [0.05, 0.1) is 82.4 Å². The highest BCUT2D eigenvalue weighted by Gasteiger charge is 2.60. The summed E-state index contributed by atoms with van der Waals surface area (Å²) in [6.45, 7) is 15.9. The van der Waals surface area contributed by atoms with Crippen LogP contribution in [0.5, 0.6) is 0 Å². The Balaban J connectivity index is 1.14. The minimum Gasteiger partial charge on any atom is -0.462 e. The van der Waals surface area contributed by atoms with Crippen molar-refractivity contribution in [1.29, 1.82) is 0 Å². The molecule has 75 heavy (non-hydrogen) atoms. The lowest BCUT2D eigenvalue weighted by Gasteiger charge is -2.48. The van der Waals surface area contributed by atoms with E-state index in [1.165, 1.54) is 0 Å². The summed E-state index contributed by atoms with van der Waals surface area (Å²) in [6.07, 6.45) is 8.33. The van der Waals surface area contributed by atoms with Crippen LogP contribution in [-0.4, -0.2) is 195 Å². The highest BCUT2D eigenvalue weighted by Crippen LogP contribution is 2.47. The molecule has 1 spiro atoms. The molecule has 19 heteroatoms. The van der Waals surface area contributed by atoms with Crippen molar-refractivity contribution in [3.63, 3.8) is 0 Å². The summed E-state index contributed by atoms with van der Waals surface area (Å²) < 4.78 is 98.2. The van der Waals surface area contributed by atoms with Crippen LogP contribution in [-0.2, 0) is 80.6 Å². The number of carbonyl (C=O) groups is 1. The average Bonchev–Trinajstić information content (AvgIpc) is 3.73. The quantitative estimate of drug-likeness (QED) is 0.0618. The van der Waals surface area contributed by atoms with Gasteiger partial charge in [0.15, 0.2) is 18.4 Å². The number of rotatable bonds is 21. The van der Waals surface area contributed by atoms with E-state index >= 15 is 0 Å². The molecule has 0 radical (unpaired) electrons. The second kappa shape index (κ2) is 28.1. The third-order valence-corrected chi connectivity index (χ3v) is 16.0. The van der Waals surface area contributed by atoms with Gasteiger partial charge in [-0.25, -0.2) is 0 Å². The summed E-state index contributed by atoms with van der Waals surface area (Å²) in [6, 6.07) is 0. The van der Waals surface area contributed by atoms with Gasteiger partial charge >= 0.3 is 5.97 Å². The highest BCUT2D eigenvalue weighted by molar-refractivity contribution is 5.78. The number of aliphatic hydroxyl groups excluding tert-OH is 1. The first-order valence-electron chi connectivity index (χ1n) is 27.1. The molecule has 19 nitrogen and oxygen atoms in total. The van der Waals surface area contributed by atoms with Crippen LogP contribution in [0.1, 0.15) is 87.0 Å². The summed E-state index contributed by atoms with van der Waals surface area (Å²) >= 11 is 0. The molecular formula is C56H88O19. The van der Waals surface area contributed by atoms with E-state index < -0.39 is 84.7 Å². The van der Waals surface area contributed by atoms with E-state index in [-0.39, 0.29) is 75.4 Å². The molecule has 4 saturated heterocycles. The normalized spacial score (nSPS) is 42.7. The van der Waals surface area contributed by atoms with Gasteiger partial charge < -0.3 is 86.0 Å². The molecular weight excluding hydrogens is 977 g/mol. The van der Waals surface area contributed by atoms with Crippen LogP contribution in [0, 0.1) is 23.7 Å². The van der Waals surface area contributed by atoms with Crippen molar-refractivity contribution < 1.29 is 90.8 Å². The Morgan fingerprint density at radius 1 is 0.813 bits per heavy atom. The van der Waals surface area contributed by atoms with Crippen LogP contribution < -0.4 is 0 Å². The molecule has 0 aromatic heterocycles. The van der Waals surface area contributed by atoms with Gasteiger partial charge in [0, 0.05) is 66.0 Å². The van der Waals surface area contributed by atoms with Crippen molar-refractivity contribution in [2.24, 2.45) is 23.7 Å². The molecule has 0 amide bonds. The van der Waals surface area contributed by atoms with Crippen LogP contribution in [0.4, 0.5) is 0 Å². The van der Waals surface area contributed by atoms with Crippen molar-refractivity contribution in [2.45, 2.75) is 184 Å². The molecule has 0 unspecified atom stereocenters. The van der Waals surface area contributed by atoms with E-state index in [9.17, 15) is 15.0 Å². The Morgan fingerprint density at radius 3 is 2.19 bits per heavy atom. The fraction of sp³-hybridized carbons (Fsp3) is 0.804. The lowest BCUT2D eigenvalue weighted by molar-refractivity contribution is -0.323. The van der Waals surface area contributed by atoms with Crippen molar-refractivity contribution in [3.8, 4) is 0 Å². The van der Waals surface area contributed by atoms with Gasteiger partial charge in [0.25, 0.3) is 0 Å². The van der Waals surface area contributed by atoms with Crippen LogP contribution in [0.2, 0.25) is 0 Å². The number of ether oxygens (including phenoxy) is 16. The standard InChI is InChI=1S/C56H88O19/c1-12-33(2)50-36(5)18-19-55(75-50)28-42-25-41(74-55)17-16-35(4)49(72-46-27-45(63-11)52(38(7)70-46)73-47-26-44(62-10)51(37(6)69-47)68-32-65-23-21-61-9)34(3)14-13-15-40-30-67-53-48(57)39(29-66-31-64-22-20-60-8)24-43(54(58)71-42)56(40,53)59/h13-16,18-19,24,33-34,36-38,41-53,57,59H,12,17,20-23,25-32H2,1-11H3/b14-13+,35-16+,40-15+/t33-,34-,36-,37-,38-,41+,42-,43-,44-,45-,46-,47-,48+,49-,50+,51-,52-,53+,55+,56+/m0/s1. The number of esters is 1. The van der Waals surface area contributed by atoms with E-state index in [4.69, 9.17) is 75.8 Å². The minimum atomic E-state index is -1.95. The first-order chi connectivity index (χ1) is 36.1. The number of hydrogen-bond acceptors (Lipinski definition) is 19. The number of fused-ring (bicyclic) bond motifs is 2. The molecule has 426 valence electrons. The number of hydrogen-bond donors (Lipinski definition) is 2. The Hall–Kier alpha value is -2.51. The van der Waals surface area contributed by atoms with Crippen molar-refractivity contribution >= 4 is 5.97 Å². The second-order valence-electron chi connectivity index (χ2n) is 21.3. The van der Waals surface area contributed by atoms with E-state index in [2.05, 4.69) is 39.8 Å². The largest absolute Gasteiger partial charge is 0.462 e. The van der Waals surface area contributed by atoms with Crippen LogP contribution >= 0.6 is 0 Å². The van der Waals surface area contributed by atoms with Crippen LogP contribution in [0.25, 0.3) is 0 Å². The van der Waals surface area contributed by atoms with Crippen molar-refractivity contribution in [3.05, 3.63) is 59.3 Å². The van der Waals surface area contributed by atoms with E-state index in [0.29, 0.717) is 63.3 Å². The molecule has 4 fully saturated rings. The van der Waals surface area contributed by atoms with Gasteiger partial charge in [-0.3, -0.25) is 4.79 Å². The fourth-order valence-electron chi connectivity index (χ4n) is 11.6. The Labute approximate surface area is 444 Å². The van der Waals surface area contributed by atoms with Crippen molar-refractivity contribution in [1.82, 2.24) is 0 Å². The maximum atomic E-state index is 14.8. The van der Waals surface area contributed by atoms with Crippen LogP contribution in [0.15, 0.2) is 59.3 Å². The molecule has 7 aliphatic rings. The molecule has 2 bridgehead atoms. The van der Waals surface area contributed by atoms with Crippen molar-refractivity contribution in [2.75, 3.05) is 81.7 Å². The minimum absolute atomic E-state index is 0.0387. The number of carbonyl (C=O) groups excluding carboxylic acids is 1. The van der Waals surface area contributed by atoms with E-state index in [1.54, 1.807) is 40.6 Å². The molecule has 6 heterocycles. The Bertz CT molecular complexity index is 1960. The highest BCUT2D eigenvalue weighted by atomic mass is 16.7. The summed E-state index contributed by atoms with van der Waals surface area (Å²) in [4.78, 5) is 14.8. The second-order valence-corrected chi connectivity index (χ2v) is 21.3. The zero-order chi connectivity index (χ0) is 53.9. The van der Waals surface area contributed by atoms with Gasteiger partial charge in [-0.15, -0.1) is 0 Å². The molecule has 6 aliphatic heterocycles. The van der Waals surface area contributed by atoms with E-state index in [1.807, 2.05) is 39.0 Å². The maximum Gasteiger partial charge on any atom is 0.316 e. The third kappa shape index (κ3) is 14.7. The topological polar surface area (TPSA) is 205 Å². The lowest BCUT2D eigenvalue weighted by atomic mass is 9.70.